The van der Waals surface area contributed by atoms with Crippen molar-refractivity contribution in [3.05, 3.63) is 28.8 Å². The molecular formula is C16H22ClN3O. The van der Waals surface area contributed by atoms with Crippen LogP contribution in [0.25, 0.3) is 0 Å². The lowest BCUT2D eigenvalue weighted by molar-refractivity contribution is -0.123. The Morgan fingerprint density at radius 1 is 1.43 bits per heavy atom. The first-order chi connectivity index (χ1) is 10.2. The molecule has 1 aliphatic carbocycles. The Labute approximate surface area is 130 Å². The summed E-state index contributed by atoms with van der Waals surface area (Å²) in [5, 5.41) is 7.22. The molecule has 1 amide bonds. The van der Waals surface area contributed by atoms with Gasteiger partial charge >= 0.3 is 0 Å². The zero-order chi connectivity index (χ0) is 14.8. The van der Waals surface area contributed by atoms with Gasteiger partial charge in [-0.3, -0.25) is 4.79 Å². The Kier molecular flexibility index (Phi) is 4.36. The molecule has 1 heterocycles. The molecule has 1 aromatic carbocycles. The van der Waals surface area contributed by atoms with Gasteiger partial charge in [-0.1, -0.05) is 24.6 Å². The zero-order valence-electron chi connectivity index (χ0n) is 12.4. The predicted octanol–water partition coefficient (Wildman–Crippen LogP) is 2.31. The van der Waals surface area contributed by atoms with Crippen molar-refractivity contribution in [3.8, 4) is 0 Å². The van der Waals surface area contributed by atoms with Crippen LogP contribution in [0.1, 0.15) is 31.7 Å². The highest BCUT2D eigenvalue weighted by Gasteiger charge is 2.30. The first kappa shape index (κ1) is 14.7. The third-order valence-corrected chi connectivity index (χ3v) is 4.47. The van der Waals surface area contributed by atoms with Gasteiger partial charge in [0.2, 0.25) is 5.91 Å². The van der Waals surface area contributed by atoms with E-state index in [4.69, 9.17) is 11.6 Å². The fraction of sp³-hybridized carbons (Fsp3) is 0.562. The van der Waals surface area contributed by atoms with Crippen LogP contribution in [-0.2, 0) is 11.3 Å². The Morgan fingerprint density at radius 2 is 2.24 bits per heavy atom. The number of carbonyl (C=O) groups is 1. The highest BCUT2D eigenvalue weighted by atomic mass is 35.5. The van der Waals surface area contributed by atoms with Crippen LogP contribution in [0, 0.1) is 0 Å². The molecule has 0 spiro atoms. The Bertz CT molecular complexity index is 530. The van der Waals surface area contributed by atoms with Crippen LogP contribution in [0.4, 0.5) is 5.69 Å². The molecule has 1 atom stereocenters. The molecule has 21 heavy (non-hydrogen) atoms. The maximum absolute atomic E-state index is 12.1. The van der Waals surface area contributed by atoms with Gasteiger partial charge in [-0.2, -0.15) is 0 Å². The average molecular weight is 308 g/mol. The van der Waals surface area contributed by atoms with E-state index < -0.39 is 0 Å². The van der Waals surface area contributed by atoms with E-state index in [1.807, 2.05) is 12.1 Å². The number of carbonyl (C=O) groups excluding carboxylic acids is 1. The summed E-state index contributed by atoms with van der Waals surface area (Å²) in [6.07, 6.45) is 3.34. The summed E-state index contributed by atoms with van der Waals surface area (Å²) in [6.45, 7) is 4.42. The van der Waals surface area contributed by atoms with Crippen molar-refractivity contribution in [2.45, 2.75) is 44.8 Å². The first-order valence-electron chi connectivity index (χ1n) is 7.75. The SMILES string of the molecule is CCC1C(=O)NCCN1c1cc(Cl)ccc1CNC1CC1. The molecule has 1 saturated heterocycles. The third kappa shape index (κ3) is 3.33. The Balaban J connectivity index is 1.86. The number of rotatable bonds is 5. The van der Waals surface area contributed by atoms with Gasteiger partial charge in [0.05, 0.1) is 0 Å². The van der Waals surface area contributed by atoms with Gasteiger partial charge in [0.15, 0.2) is 0 Å². The summed E-state index contributed by atoms with van der Waals surface area (Å²) in [7, 11) is 0. The number of halogens is 1. The molecule has 5 heteroatoms. The van der Waals surface area contributed by atoms with Gasteiger partial charge in [-0.15, -0.1) is 0 Å². The number of anilines is 1. The monoisotopic (exact) mass is 307 g/mol. The van der Waals surface area contributed by atoms with Crippen molar-refractivity contribution in [1.29, 1.82) is 0 Å². The molecule has 4 nitrogen and oxygen atoms in total. The highest BCUT2D eigenvalue weighted by Crippen LogP contribution is 2.29. The standard InChI is InChI=1S/C16H22ClN3O/c1-2-14-16(21)18-7-8-20(14)15-9-12(17)4-3-11(15)10-19-13-5-6-13/h3-4,9,13-14,19H,2,5-8,10H2,1H3,(H,18,21). The van der Waals surface area contributed by atoms with Crippen molar-refractivity contribution in [2.75, 3.05) is 18.0 Å². The summed E-state index contributed by atoms with van der Waals surface area (Å²) in [5.41, 5.74) is 2.32. The summed E-state index contributed by atoms with van der Waals surface area (Å²) in [4.78, 5) is 14.3. The van der Waals surface area contributed by atoms with Gasteiger partial charge in [0.25, 0.3) is 0 Å². The van der Waals surface area contributed by atoms with E-state index in [-0.39, 0.29) is 11.9 Å². The largest absolute Gasteiger partial charge is 0.357 e. The quantitative estimate of drug-likeness (QED) is 0.877. The number of piperazine rings is 1. The number of amides is 1. The number of nitrogens with one attached hydrogen (secondary N) is 2. The minimum absolute atomic E-state index is 0.100. The van der Waals surface area contributed by atoms with Crippen LogP contribution in [0.15, 0.2) is 18.2 Å². The van der Waals surface area contributed by atoms with Crippen LogP contribution < -0.4 is 15.5 Å². The molecule has 1 aromatic rings. The number of nitrogens with zero attached hydrogens (tertiary/aromatic N) is 1. The van der Waals surface area contributed by atoms with E-state index in [0.717, 1.165) is 30.2 Å². The second-order valence-electron chi connectivity index (χ2n) is 5.84. The predicted molar refractivity (Wildman–Crippen MR) is 85.7 cm³/mol. The van der Waals surface area contributed by atoms with Gasteiger partial charge in [0.1, 0.15) is 6.04 Å². The Morgan fingerprint density at radius 3 is 2.95 bits per heavy atom. The van der Waals surface area contributed by atoms with Crippen LogP contribution in [0.3, 0.4) is 0 Å². The van der Waals surface area contributed by atoms with E-state index in [1.54, 1.807) is 0 Å². The van der Waals surface area contributed by atoms with Crippen molar-refractivity contribution in [1.82, 2.24) is 10.6 Å². The molecule has 1 saturated carbocycles. The second-order valence-corrected chi connectivity index (χ2v) is 6.27. The first-order valence-corrected chi connectivity index (χ1v) is 8.13. The van der Waals surface area contributed by atoms with Crippen molar-refractivity contribution >= 4 is 23.2 Å². The van der Waals surface area contributed by atoms with Crippen molar-refractivity contribution in [3.63, 3.8) is 0 Å². The summed E-state index contributed by atoms with van der Waals surface area (Å²) < 4.78 is 0. The molecule has 0 bridgehead atoms. The van der Waals surface area contributed by atoms with Gasteiger partial charge in [-0.05, 0) is 37.0 Å². The Hall–Kier alpha value is -1.26. The summed E-state index contributed by atoms with van der Waals surface area (Å²) in [5.74, 6) is 0.116. The maximum Gasteiger partial charge on any atom is 0.242 e. The lowest BCUT2D eigenvalue weighted by Crippen LogP contribution is -2.55. The second kappa shape index (κ2) is 6.24. The van der Waals surface area contributed by atoms with E-state index in [0.29, 0.717) is 12.6 Å². The van der Waals surface area contributed by atoms with Gasteiger partial charge in [-0.25, -0.2) is 0 Å². The molecule has 2 fully saturated rings. The lowest BCUT2D eigenvalue weighted by atomic mass is 10.1. The number of hydrogen-bond donors (Lipinski definition) is 2. The van der Waals surface area contributed by atoms with E-state index in [1.165, 1.54) is 18.4 Å². The van der Waals surface area contributed by atoms with E-state index in [2.05, 4.69) is 28.5 Å². The molecular weight excluding hydrogens is 286 g/mol. The van der Waals surface area contributed by atoms with E-state index >= 15 is 0 Å². The number of benzene rings is 1. The van der Waals surface area contributed by atoms with Gasteiger partial charge in [0, 0.05) is 36.4 Å². The van der Waals surface area contributed by atoms with Crippen LogP contribution in [0.2, 0.25) is 5.02 Å². The molecule has 2 aliphatic rings. The topological polar surface area (TPSA) is 44.4 Å². The fourth-order valence-corrected chi connectivity index (χ4v) is 3.07. The van der Waals surface area contributed by atoms with Crippen LogP contribution >= 0.6 is 11.6 Å². The molecule has 0 radical (unpaired) electrons. The van der Waals surface area contributed by atoms with Crippen LogP contribution in [-0.4, -0.2) is 31.1 Å². The lowest BCUT2D eigenvalue weighted by Gasteiger charge is -2.37. The fourth-order valence-electron chi connectivity index (χ4n) is 2.90. The molecule has 3 rings (SSSR count). The average Bonchev–Trinajstić information content (AvgIpc) is 3.30. The smallest absolute Gasteiger partial charge is 0.242 e. The highest BCUT2D eigenvalue weighted by molar-refractivity contribution is 6.30. The van der Waals surface area contributed by atoms with Crippen molar-refractivity contribution in [2.24, 2.45) is 0 Å². The minimum Gasteiger partial charge on any atom is -0.357 e. The third-order valence-electron chi connectivity index (χ3n) is 4.23. The normalized spacial score (nSPS) is 22.3. The minimum atomic E-state index is -0.100. The van der Waals surface area contributed by atoms with Gasteiger partial charge < -0.3 is 15.5 Å². The van der Waals surface area contributed by atoms with Crippen LogP contribution in [0.5, 0.6) is 0 Å². The summed E-state index contributed by atoms with van der Waals surface area (Å²) >= 11 is 6.19. The summed E-state index contributed by atoms with van der Waals surface area (Å²) in [6, 6.07) is 6.57. The molecule has 2 N–H and O–H groups in total. The zero-order valence-corrected chi connectivity index (χ0v) is 13.1. The van der Waals surface area contributed by atoms with Crippen molar-refractivity contribution < 1.29 is 4.79 Å². The molecule has 1 aliphatic heterocycles. The van der Waals surface area contributed by atoms with E-state index in [9.17, 15) is 4.79 Å². The molecule has 0 aromatic heterocycles. The molecule has 1 unspecified atom stereocenters. The molecule has 114 valence electrons. The number of hydrogen-bond acceptors (Lipinski definition) is 3. The maximum atomic E-state index is 12.1.